The van der Waals surface area contributed by atoms with E-state index in [1.54, 1.807) is 6.07 Å². The standard InChI is InChI=1S/C25H28FN3O6S/c1-27(2)36(33,34)18-9-7-17(8-10-18)23(30)21-22(19-5-3-4-6-20(19)26)29(25(32)24(21)31)12-11-28-13-15-35-16-14-28/h3-10,22,30H,11-16H2,1-2H3/b23-21-. The van der Waals surface area contributed by atoms with Gasteiger partial charge in [0.05, 0.1) is 29.7 Å². The van der Waals surface area contributed by atoms with Gasteiger partial charge in [0.15, 0.2) is 0 Å². The number of hydrogen-bond acceptors (Lipinski definition) is 7. The summed E-state index contributed by atoms with van der Waals surface area (Å²) in [6.07, 6.45) is 0. The average Bonchev–Trinajstić information content (AvgIpc) is 3.12. The Hall–Kier alpha value is -3.12. The van der Waals surface area contributed by atoms with Crippen LogP contribution in [-0.2, 0) is 24.3 Å². The summed E-state index contributed by atoms with van der Waals surface area (Å²) in [6.45, 7) is 3.09. The van der Waals surface area contributed by atoms with Crippen molar-refractivity contribution in [1.82, 2.24) is 14.1 Å². The Morgan fingerprint density at radius 3 is 2.31 bits per heavy atom. The third kappa shape index (κ3) is 4.92. The van der Waals surface area contributed by atoms with Crippen LogP contribution >= 0.6 is 0 Å². The molecule has 192 valence electrons. The van der Waals surface area contributed by atoms with Crippen LogP contribution in [0.15, 0.2) is 59.0 Å². The van der Waals surface area contributed by atoms with Gasteiger partial charge in [0.1, 0.15) is 11.6 Å². The van der Waals surface area contributed by atoms with Gasteiger partial charge in [-0.2, -0.15) is 0 Å². The van der Waals surface area contributed by atoms with Gasteiger partial charge in [-0.25, -0.2) is 17.1 Å². The van der Waals surface area contributed by atoms with Gasteiger partial charge in [-0.1, -0.05) is 18.2 Å². The molecule has 0 saturated carbocycles. The molecular weight excluding hydrogens is 489 g/mol. The first-order valence-corrected chi connectivity index (χ1v) is 12.9. The molecule has 0 bridgehead atoms. The minimum absolute atomic E-state index is 0.000617. The zero-order valence-corrected chi connectivity index (χ0v) is 20.9. The van der Waals surface area contributed by atoms with E-state index in [-0.39, 0.29) is 28.1 Å². The number of benzene rings is 2. The normalized spacial score (nSPS) is 20.9. The van der Waals surface area contributed by atoms with E-state index >= 15 is 0 Å². The lowest BCUT2D eigenvalue weighted by atomic mass is 9.95. The molecule has 2 aliphatic rings. The Morgan fingerprint density at radius 1 is 1.06 bits per heavy atom. The fraction of sp³-hybridized carbons (Fsp3) is 0.360. The number of morpholine rings is 1. The van der Waals surface area contributed by atoms with Gasteiger partial charge < -0.3 is 14.7 Å². The maximum absolute atomic E-state index is 14.9. The van der Waals surface area contributed by atoms with Crippen LogP contribution in [0.25, 0.3) is 5.76 Å². The second kappa shape index (κ2) is 10.5. The van der Waals surface area contributed by atoms with Gasteiger partial charge >= 0.3 is 0 Å². The second-order valence-corrected chi connectivity index (χ2v) is 10.9. The molecule has 2 saturated heterocycles. The van der Waals surface area contributed by atoms with E-state index in [1.807, 2.05) is 0 Å². The van der Waals surface area contributed by atoms with Crippen molar-refractivity contribution in [3.8, 4) is 0 Å². The van der Waals surface area contributed by atoms with E-state index in [9.17, 15) is 27.5 Å². The first-order valence-electron chi connectivity index (χ1n) is 11.5. The number of nitrogens with zero attached hydrogens (tertiary/aromatic N) is 3. The van der Waals surface area contributed by atoms with E-state index < -0.39 is 39.3 Å². The van der Waals surface area contributed by atoms with Crippen molar-refractivity contribution in [2.75, 3.05) is 53.5 Å². The van der Waals surface area contributed by atoms with E-state index in [0.717, 1.165) is 4.31 Å². The first kappa shape index (κ1) is 26.0. The van der Waals surface area contributed by atoms with Gasteiger partial charge in [-0.05, 0) is 30.3 Å². The van der Waals surface area contributed by atoms with Crippen LogP contribution in [0.4, 0.5) is 4.39 Å². The minimum atomic E-state index is -3.70. The maximum Gasteiger partial charge on any atom is 0.295 e. The Morgan fingerprint density at radius 2 is 1.69 bits per heavy atom. The molecule has 2 aromatic carbocycles. The molecule has 1 unspecified atom stereocenters. The fourth-order valence-corrected chi connectivity index (χ4v) is 5.26. The predicted molar refractivity (Wildman–Crippen MR) is 130 cm³/mol. The average molecular weight is 518 g/mol. The Balaban J connectivity index is 1.74. The number of aliphatic hydroxyl groups is 1. The molecule has 1 N–H and O–H groups in total. The molecule has 4 rings (SSSR count). The summed E-state index contributed by atoms with van der Waals surface area (Å²) in [5.41, 5.74) is -0.0115. The predicted octanol–water partition coefficient (Wildman–Crippen LogP) is 1.83. The van der Waals surface area contributed by atoms with Crippen molar-refractivity contribution in [2.24, 2.45) is 0 Å². The Labute approximate surface area is 209 Å². The molecule has 0 aromatic heterocycles. The molecule has 2 aromatic rings. The van der Waals surface area contributed by atoms with Crippen LogP contribution in [-0.4, -0.2) is 92.8 Å². The van der Waals surface area contributed by atoms with E-state index in [0.29, 0.717) is 32.8 Å². The summed E-state index contributed by atoms with van der Waals surface area (Å²) < 4.78 is 46.1. The fourth-order valence-electron chi connectivity index (χ4n) is 4.36. The molecule has 2 aliphatic heterocycles. The number of amides is 1. The topological polar surface area (TPSA) is 107 Å². The van der Waals surface area contributed by atoms with Crippen LogP contribution in [0.3, 0.4) is 0 Å². The first-order chi connectivity index (χ1) is 17.1. The number of sulfonamides is 1. The van der Waals surface area contributed by atoms with Crippen molar-refractivity contribution in [3.63, 3.8) is 0 Å². The summed E-state index contributed by atoms with van der Waals surface area (Å²) in [7, 11) is -0.903. The van der Waals surface area contributed by atoms with Crippen molar-refractivity contribution in [3.05, 3.63) is 71.0 Å². The van der Waals surface area contributed by atoms with Gasteiger partial charge in [-0.15, -0.1) is 0 Å². The molecular formula is C25H28FN3O6S. The molecule has 0 aliphatic carbocycles. The highest BCUT2D eigenvalue weighted by atomic mass is 32.2. The molecule has 0 spiro atoms. The largest absolute Gasteiger partial charge is 0.507 e. The quantitative estimate of drug-likeness (QED) is 0.339. The highest BCUT2D eigenvalue weighted by Crippen LogP contribution is 2.40. The number of carbonyl (C=O) groups excluding carboxylic acids is 2. The van der Waals surface area contributed by atoms with Crippen molar-refractivity contribution < 1.29 is 32.2 Å². The summed E-state index contributed by atoms with van der Waals surface area (Å²) in [5.74, 6) is -2.86. The third-order valence-electron chi connectivity index (χ3n) is 6.41. The summed E-state index contributed by atoms with van der Waals surface area (Å²) in [6, 6.07) is 10.00. The van der Waals surface area contributed by atoms with Crippen LogP contribution < -0.4 is 0 Å². The van der Waals surface area contributed by atoms with Crippen LogP contribution in [0, 0.1) is 5.82 Å². The number of hydrogen-bond donors (Lipinski definition) is 1. The highest BCUT2D eigenvalue weighted by Gasteiger charge is 2.46. The second-order valence-electron chi connectivity index (χ2n) is 8.78. The summed E-state index contributed by atoms with van der Waals surface area (Å²) in [4.78, 5) is 29.6. The SMILES string of the molecule is CN(C)S(=O)(=O)c1ccc(/C(O)=C2/C(=O)C(=O)N(CCN3CCOCC3)C2c2ccccc2F)cc1. The molecule has 36 heavy (non-hydrogen) atoms. The number of ketones is 1. The number of aliphatic hydroxyl groups excluding tert-OH is 1. The van der Waals surface area contributed by atoms with Crippen LogP contribution in [0.2, 0.25) is 0 Å². The Kier molecular flexibility index (Phi) is 7.55. The van der Waals surface area contributed by atoms with Crippen LogP contribution in [0.1, 0.15) is 17.2 Å². The van der Waals surface area contributed by atoms with Crippen molar-refractivity contribution >= 4 is 27.5 Å². The lowest BCUT2D eigenvalue weighted by molar-refractivity contribution is -0.140. The zero-order chi connectivity index (χ0) is 26.0. The molecule has 2 heterocycles. The third-order valence-corrected chi connectivity index (χ3v) is 8.24. The molecule has 11 heteroatoms. The number of Topliss-reactive ketones (excluding diaryl/α,β-unsaturated/α-hetero) is 1. The molecule has 1 atom stereocenters. The molecule has 9 nitrogen and oxygen atoms in total. The Bertz CT molecular complexity index is 1290. The van der Waals surface area contributed by atoms with E-state index in [2.05, 4.69) is 4.90 Å². The van der Waals surface area contributed by atoms with Crippen LogP contribution in [0.5, 0.6) is 0 Å². The highest BCUT2D eigenvalue weighted by molar-refractivity contribution is 7.89. The number of rotatable bonds is 7. The number of halogens is 1. The smallest absolute Gasteiger partial charge is 0.295 e. The van der Waals surface area contributed by atoms with E-state index in [1.165, 1.54) is 61.5 Å². The maximum atomic E-state index is 14.9. The van der Waals surface area contributed by atoms with Gasteiger partial charge in [0, 0.05) is 51.4 Å². The van der Waals surface area contributed by atoms with Gasteiger partial charge in [0.2, 0.25) is 10.0 Å². The summed E-state index contributed by atoms with van der Waals surface area (Å²) >= 11 is 0. The van der Waals surface area contributed by atoms with Gasteiger partial charge in [-0.3, -0.25) is 14.5 Å². The number of carbonyl (C=O) groups is 2. The lowest BCUT2D eigenvalue weighted by Gasteiger charge is -2.31. The monoisotopic (exact) mass is 517 g/mol. The van der Waals surface area contributed by atoms with Crippen molar-refractivity contribution in [1.29, 1.82) is 0 Å². The molecule has 0 radical (unpaired) electrons. The number of ether oxygens (including phenoxy) is 1. The van der Waals surface area contributed by atoms with Crippen molar-refractivity contribution in [2.45, 2.75) is 10.9 Å². The molecule has 1 amide bonds. The minimum Gasteiger partial charge on any atom is -0.507 e. The number of likely N-dealkylation sites (tertiary alicyclic amines) is 1. The zero-order valence-electron chi connectivity index (χ0n) is 20.1. The van der Waals surface area contributed by atoms with E-state index in [4.69, 9.17) is 4.74 Å². The lowest BCUT2D eigenvalue weighted by Crippen LogP contribution is -2.42. The molecule has 2 fully saturated rings. The summed E-state index contributed by atoms with van der Waals surface area (Å²) in [5, 5.41) is 11.1. The van der Waals surface area contributed by atoms with Gasteiger partial charge in [0.25, 0.3) is 11.7 Å².